The molecule has 0 saturated carbocycles. The maximum atomic E-state index is 12.8. The highest BCUT2D eigenvalue weighted by Crippen LogP contribution is 2.30. The Bertz CT molecular complexity index is 729. The number of nitro groups is 1. The van der Waals surface area contributed by atoms with Gasteiger partial charge in [-0.05, 0) is 25.1 Å². The fourth-order valence-corrected chi connectivity index (χ4v) is 3.56. The fraction of sp³-hybridized carbons (Fsp3) is 0.556. The molecule has 1 N–H and O–H groups in total. The number of nitrogens with zero attached hydrogens (tertiary/aromatic N) is 4. The quantitative estimate of drug-likeness (QED) is 0.591. The Balaban J connectivity index is 0.00000280. The van der Waals surface area contributed by atoms with E-state index >= 15 is 0 Å². The van der Waals surface area contributed by atoms with Gasteiger partial charge in [0.15, 0.2) is 0 Å². The Morgan fingerprint density at radius 2 is 1.75 bits per heavy atom. The molecular formula is C18H26ClN5O4. The molecule has 2 heterocycles. The molecule has 1 aromatic rings. The summed E-state index contributed by atoms with van der Waals surface area (Å²) < 4.78 is 0. The average Bonchev–Trinajstić information content (AvgIpc) is 2.96. The highest BCUT2D eigenvalue weighted by Gasteiger charge is 2.27. The number of amides is 2. The number of piperazine rings is 1. The molecule has 0 spiro atoms. The van der Waals surface area contributed by atoms with E-state index in [0.29, 0.717) is 50.5 Å². The van der Waals surface area contributed by atoms with Crippen LogP contribution in [0.5, 0.6) is 0 Å². The van der Waals surface area contributed by atoms with Crippen LogP contribution in [-0.2, 0) is 4.79 Å². The van der Waals surface area contributed by atoms with Crippen LogP contribution in [0.15, 0.2) is 18.2 Å². The van der Waals surface area contributed by atoms with Crippen LogP contribution < -0.4 is 10.2 Å². The Hall–Kier alpha value is -2.39. The Morgan fingerprint density at radius 3 is 2.39 bits per heavy atom. The summed E-state index contributed by atoms with van der Waals surface area (Å²) in [6, 6.07) is 4.71. The number of hydrogen-bond donors (Lipinski definition) is 1. The Kier molecular flexibility index (Phi) is 7.59. The molecule has 3 rings (SSSR count). The topological polar surface area (TPSA) is 99.0 Å². The van der Waals surface area contributed by atoms with Crippen LogP contribution in [-0.4, -0.2) is 78.9 Å². The first-order valence-corrected chi connectivity index (χ1v) is 9.26. The van der Waals surface area contributed by atoms with Gasteiger partial charge in [-0.25, -0.2) is 0 Å². The van der Waals surface area contributed by atoms with E-state index in [4.69, 9.17) is 0 Å². The smallest absolute Gasteiger partial charge is 0.293 e. The number of nitrogens with one attached hydrogen (secondary N) is 1. The van der Waals surface area contributed by atoms with Crippen LogP contribution in [0, 0.1) is 10.1 Å². The molecule has 9 nitrogen and oxygen atoms in total. The van der Waals surface area contributed by atoms with E-state index in [1.165, 1.54) is 13.0 Å². The van der Waals surface area contributed by atoms with Gasteiger partial charge in [-0.3, -0.25) is 19.7 Å². The van der Waals surface area contributed by atoms with Gasteiger partial charge in [0.25, 0.3) is 11.6 Å². The zero-order valence-corrected chi connectivity index (χ0v) is 16.7. The molecule has 0 unspecified atom stereocenters. The minimum absolute atomic E-state index is 0. The SMILES string of the molecule is CC(=O)N1CCN(c2ccc(C(=O)N3CCCNCC3)cc2[N+](=O)[O-])CC1.Cl. The van der Waals surface area contributed by atoms with Gasteiger partial charge in [-0.2, -0.15) is 0 Å². The number of halogens is 1. The van der Waals surface area contributed by atoms with Gasteiger partial charge >= 0.3 is 0 Å². The summed E-state index contributed by atoms with van der Waals surface area (Å²) in [5, 5.41) is 14.9. The number of carbonyl (C=O) groups is 2. The van der Waals surface area contributed by atoms with Gasteiger partial charge < -0.3 is 20.0 Å². The lowest BCUT2D eigenvalue weighted by atomic mass is 10.1. The summed E-state index contributed by atoms with van der Waals surface area (Å²) >= 11 is 0. The van der Waals surface area contributed by atoms with Crippen molar-refractivity contribution in [2.24, 2.45) is 0 Å². The van der Waals surface area contributed by atoms with E-state index in [9.17, 15) is 19.7 Å². The maximum Gasteiger partial charge on any atom is 0.293 e. The molecule has 2 aliphatic rings. The highest BCUT2D eigenvalue weighted by molar-refractivity contribution is 5.96. The number of anilines is 1. The second kappa shape index (κ2) is 9.70. The zero-order valence-electron chi connectivity index (χ0n) is 15.9. The van der Waals surface area contributed by atoms with Crippen LogP contribution in [0.1, 0.15) is 23.7 Å². The molecule has 28 heavy (non-hydrogen) atoms. The lowest BCUT2D eigenvalue weighted by Crippen LogP contribution is -2.48. The van der Waals surface area contributed by atoms with Gasteiger partial charge in [0.05, 0.1) is 4.92 Å². The van der Waals surface area contributed by atoms with Crippen LogP contribution in [0.4, 0.5) is 11.4 Å². The lowest BCUT2D eigenvalue weighted by molar-refractivity contribution is -0.384. The Morgan fingerprint density at radius 1 is 1.04 bits per heavy atom. The molecule has 0 aliphatic carbocycles. The molecular weight excluding hydrogens is 386 g/mol. The molecule has 2 fully saturated rings. The summed E-state index contributed by atoms with van der Waals surface area (Å²) in [6.45, 7) is 6.51. The fourth-order valence-electron chi connectivity index (χ4n) is 3.56. The molecule has 0 aromatic heterocycles. The van der Waals surface area contributed by atoms with Crippen molar-refractivity contribution in [3.8, 4) is 0 Å². The lowest BCUT2D eigenvalue weighted by Gasteiger charge is -2.35. The van der Waals surface area contributed by atoms with E-state index in [1.54, 1.807) is 21.9 Å². The molecule has 154 valence electrons. The zero-order chi connectivity index (χ0) is 19.4. The number of benzene rings is 1. The Labute approximate surface area is 170 Å². The normalized spacial score (nSPS) is 17.5. The number of carbonyl (C=O) groups excluding carboxylic acids is 2. The van der Waals surface area contributed by atoms with Gasteiger partial charge in [0, 0.05) is 64.4 Å². The van der Waals surface area contributed by atoms with Gasteiger partial charge in [-0.15, -0.1) is 12.4 Å². The highest BCUT2D eigenvalue weighted by atomic mass is 35.5. The first kappa shape index (κ1) is 21.9. The molecule has 10 heteroatoms. The van der Waals surface area contributed by atoms with Crippen molar-refractivity contribution in [3.05, 3.63) is 33.9 Å². The monoisotopic (exact) mass is 411 g/mol. The van der Waals surface area contributed by atoms with Crippen molar-refractivity contribution in [1.29, 1.82) is 0 Å². The second-order valence-corrected chi connectivity index (χ2v) is 6.85. The largest absolute Gasteiger partial charge is 0.362 e. The predicted molar refractivity (Wildman–Crippen MR) is 108 cm³/mol. The van der Waals surface area contributed by atoms with Crippen molar-refractivity contribution >= 4 is 35.6 Å². The van der Waals surface area contributed by atoms with Crippen molar-refractivity contribution in [3.63, 3.8) is 0 Å². The van der Waals surface area contributed by atoms with Crippen molar-refractivity contribution in [1.82, 2.24) is 15.1 Å². The molecule has 0 radical (unpaired) electrons. The minimum atomic E-state index is -0.437. The van der Waals surface area contributed by atoms with Crippen molar-refractivity contribution in [2.45, 2.75) is 13.3 Å². The molecule has 0 bridgehead atoms. The number of rotatable bonds is 3. The molecule has 2 saturated heterocycles. The third kappa shape index (κ3) is 4.90. The van der Waals surface area contributed by atoms with Crippen LogP contribution >= 0.6 is 12.4 Å². The average molecular weight is 412 g/mol. The standard InChI is InChI=1S/C18H25N5O4.ClH/c1-14(24)20-9-11-21(12-10-20)16-4-3-15(13-17(16)23(26)27)18(25)22-7-2-5-19-6-8-22;/h3-4,13,19H,2,5-12H2,1H3;1H. The van der Waals surface area contributed by atoms with E-state index in [-0.39, 0.29) is 29.9 Å². The summed E-state index contributed by atoms with van der Waals surface area (Å²) in [5.41, 5.74) is 0.775. The van der Waals surface area contributed by atoms with E-state index in [0.717, 1.165) is 19.5 Å². The maximum absolute atomic E-state index is 12.8. The van der Waals surface area contributed by atoms with Crippen molar-refractivity contribution in [2.75, 3.05) is 57.3 Å². The third-order valence-corrected chi connectivity index (χ3v) is 5.11. The van der Waals surface area contributed by atoms with Crippen molar-refractivity contribution < 1.29 is 14.5 Å². The summed E-state index contributed by atoms with van der Waals surface area (Å²) in [4.78, 5) is 40.8. The van der Waals surface area contributed by atoms with Crippen LogP contribution in [0.2, 0.25) is 0 Å². The van der Waals surface area contributed by atoms with E-state index < -0.39 is 4.92 Å². The van der Waals surface area contributed by atoms with Gasteiger partial charge in [0.1, 0.15) is 5.69 Å². The molecule has 0 atom stereocenters. The van der Waals surface area contributed by atoms with Crippen LogP contribution in [0.3, 0.4) is 0 Å². The summed E-state index contributed by atoms with van der Waals surface area (Å²) in [6.07, 6.45) is 0.867. The van der Waals surface area contributed by atoms with Gasteiger partial charge in [-0.1, -0.05) is 0 Å². The third-order valence-electron chi connectivity index (χ3n) is 5.11. The summed E-state index contributed by atoms with van der Waals surface area (Å²) in [5.74, 6) is -0.160. The van der Waals surface area contributed by atoms with Crippen LogP contribution in [0.25, 0.3) is 0 Å². The number of hydrogen-bond acceptors (Lipinski definition) is 6. The molecule has 2 amide bonds. The first-order valence-electron chi connectivity index (χ1n) is 9.26. The second-order valence-electron chi connectivity index (χ2n) is 6.85. The van der Waals surface area contributed by atoms with Gasteiger partial charge in [0.2, 0.25) is 5.91 Å². The first-order chi connectivity index (χ1) is 13.0. The minimum Gasteiger partial charge on any atom is -0.362 e. The predicted octanol–water partition coefficient (Wildman–Crippen LogP) is 1.12. The molecule has 2 aliphatic heterocycles. The molecule has 1 aromatic carbocycles. The summed E-state index contributed by atoms with van der Waals surface area (Å²) in [7, 11) is 0. The number of nitro benzene ring substituents is 1. The van der Waals surface area contributed by atoms with E-state index in [1.807, 2.05) is 4.90 Å². The van der Waals surface area contributed by atoms with E-state index in [2.05, 4.69) is 5.32 Å².